The van der Waals surface area contributed by atoms with E-state index in [2.05, 4.69) is 9.64 Å². The van der Waals surface area contributed by atoms with E-state index in [1.807, 2.05) is 6.07 Å². The molecule has 7 heteroatoms. The number of halogens is 3. The Bertz CT molecular complexity index is 860. The number of aromatic nitrogens is 1. The van der Waals surface area contributed by atoms with Crippen molar-refractivity contribution in [1.29, 1.82) is 0 Å². The minimum atomic E-state index is -4.76. The van der Waals surface area contributed by atoms with E-state index in [-0.39, 0.29) is 11.3 Å². The summed E-state index contributed by atoms with van der Waals surface area (Å²) in [6.45, 7) is 2.56. The lowest BCUT2D eigenvalue weighted by molar-refractivity contribution is -0.274. The molecule has 0 aliphatic carbocycles. The monoisotopic (exact) mass is 350 g/mol. The first-order chi connectivity index (χ1) is 11.9. The molecule has 0 amide bonds. The van der Waals surface area contributed by atoms with E-state index in [1.54, 1.807) is 16.7 Å². The number of benzene rings is 1. The van der Waals surface area contributed by atoms with E-state index >= 15 is 0 Å². The maximum atomic E-state index is 12.9. The molecule has 0 spiro atoms. The highest BCUT2D eigenvalue weighted by molar-refractivity contribution is 5.66. The summed E-state index contributed by atoms with van der Waals surface area (Å²) in [5, 5.41) is 0. The minimum absolute atomic E-state index is 0.168. The van der Waals surface area contributed by atoms with Crippen molar-refractivity contribution in [3.05, 3.63) is 46.8 Å². The van der Waals surface area contributed by atoms with Gasteiger partial charge in [0.2, 0.25) is 0 Å². The number of anilines is 1. The Morgan fingerprint density at radius 3 is 2.76 bits per heavy atom. The Morgan fingerprint density at radius 1 is 1.12 bits per heavy atom. The summed E-state index contributed by atoms with van der Waals surface area (Å²) in [6.07, 6.45) is -2.53. The molecule has 25 heavy (non-hydrogen) atoms. The summed E-state index contributed by atoms with van der Waals surface area (Å²) in [4.78, 5) is 15.1. The average Bonchev–Trinajstić information content (AvgIpc) is 2.55. The first kappa shape index (κ1) is 16.1. The van der Waals surface area contributed by atoms with Gasteiger partial charge in [-0.1, -0.05) is 12.1 Å². The van der Waals surface area contributed by atoms with E-state index in [0.717, 1.165) is 31.7 Å². The van der Waals surface area contributed by atoms with Gasteiger partial charge in [0.15, 0.2) is 0 Å². The molecule has 1 atom stereocenters. The number of fused-ring (bicyclic) bond motifs is 4. The van der Waals surface area contributed by atoms with Crippen molar-refractivity contribution >= 4 is 5.82 Å². The summed E-state index contributed by atoms with van der Waals surface area (Å²) in [6, 6.07) is 9.13. The molecule has 1 unspecified atom stereocenters. The predicted molar refractivity (Wildman–Crippen MR) is 87.8 cm³/mol. The third kappa shape index (κ3) is 3.10. The molecule has 4 rings (SSSR count). The third-order valence-electron chi connectivity index (χ3n) is 4.81. The van der Waals surface area contributed by atoms with E-state index in [4.69, 9.17) is 0 Å². The molecule has 2 aliphatic heterocycles. The van der Waals surface area contributed by atoms with Gasteiger partial charge < -0.3 is 9.64 Å². The molecule has 1 aromatic heterocycles. The molecule has 2 aromatic rings. The average molecular weight is 350 g/mol. The van der Waals surface area contributed by atoms with Gasteiger partial charge in [0.05, 0.1) is 0 Å². The molecule has 0 saturated carbocycles. The molecule has 2 bridgehead atoms. The molecular formula is C18H17F3N2O2. The number of pyridine rings is 1. The minimum Gasteiger partial charge on any atom is -0.406 e. The Balaban J connectivity index is 1.74. The van der Waals surface area contributed by atoms with Crippen molar-refractivity contribution in [2.45, 2.75) is 25.7 Å². The Labute approximate surface area is 142 Å². The summed E-state index contributed by atoms with van der Waals surface area (Å²) < 4.78 is 43.0. The van der Waals surface area contributed by atoms with Crippen LogP contribution in [-0.2, 0) is 6.54 Å². The SMILES string of the molecule is O=c1c(-c2cccc(OC(F)(F)F)c2)ccc2n1CC1CCCN2C1. The molecule has 3 heterocycles. The van der Waals surface area contributed by atoms with Crippen molar-refractivity contribution in [2.24, 2.45) is 5.92 Å². The fourth-order valence-corrected chi connectivity index (χ4v) is 3.78. The first-order valence-electron chi connectivity index (χ1n) is 8.26. The second-order valence-electron chi connectivity index (χ2n) is 6.55. The number of hydrogen-bond donors (Lipinski definition) is 0. The van der Waals surface area contributed by atoms with Crippen LogP contribution in [0.5, 0.6) is 5.75 Å². The lowest BCUT2D eigenvalue weighted by Gasteiger charge is -2.41. The molecule has 1 fully saturated rings. The van der Waals surface area contributed by atoms with E-state index in [1.165, 1.54) is 18.2 Å². The fourth-order valence-electron chi connectivity index (χ4n) is 3.78. The standard InChI is InChI=1S/C18H17F3N2O2/c19-18(20,21)25-14-5-1-4-13(9-14)15-6-7-16-22-8-2-3-12(10-22)11-23(16)17(15)24/h1,4-7,9,12H,2-3,8,10-11H2. The van der Waals surface area contributed by atoms with Crippen LogP contribution in [-0.4, -0.2) is 24.0 Å². The van der Waals surface area contributed by atoms with Gasteiger partial charge in [-0.15, -0.1) is 13.2 Å². The van der Waals surface area contributed by atoms with Crippen LogP contribution >= 0.6 is 0 Å². The number of alkyl halides is 3. The zero-order valence-corrected chi connectivity index (χ0v) is 13.4. The zero-order chi connectivity index (χ0) is 17.6. The van der Waals surface area contributed by atoms with Crippen LogP contribution in [0.3, 0.4) is 0 Å². The quantitative estimate of drug-likeness (QED) is 0.829. The van der Waals surface area contributed by atoms with Crippen LogP contribution in [0.4, 0.5) is 19.0 Å². The van der Waals surface area contributed by atoms with Gasteiger partial charge >= 0.3 is 6.36 Å². The highest BCUT2D eigenvalue weighted by Crippen LogP contribution is 2.31. The summed E-state index contributed by atoms with van der Waals surface area (Å²) >= 11 is 0. The second-order valence-corrected chi connectivity index (χ2v) is 6.55. The lowest BCUT2D eigenvalue weighted by Crippen LogP contribution is -2.46. The Morgan fingerprint density at radius 2 is 1.96 bits per heavy atom. The number of piperidine rings is 1. The summed E-state index contributed by atoms with van der Waals surface area (Å²) in [7, 11) is 0. The topological polar surface area (TPSA) is 34.5 Å². The fraction of sp³-hybridized carbons (Fsp3) is 0.389. The third-order valence-corrected chi connectivity index (χ3v) is 4.81. The van der Waals surface area contributed by atoms with E-state index in [9.17, 15) is 18.0 Å². The van der Waals surface area contributed by atoms with Gasteiger partial charge in [0.1, 0.15) is 11.6 Å². The van der Waals surface area contributed by atoms with Crippen molar-refractivity contribution < 1.29 is 17.9 Å². The molecule has 1 saturated heterocycles. The van der Waals surface area contributed by atoms with Gasteiger partial charge in [-0.2, -0.15) is 0 Å². The molecule has 2 aliphatic rings. The number of ether oxygens (including phenoxy) is 1. The van der Waals surface area contributed by atoms with Gasteiger partial charge in [-0.3, -0.25) is 9.36 Å². The smallest absolute Gasteiger partial charge is 0.406 e. The van der Waals surface area contributed by atoms with Gasteiger partial charge in [-0.25, -0.2) is 0 Å². The number of rotatable bonds is 2. The van der Waals surface area contributed by atoms with E-state index < -0.39 is 6.36 Å². The maximum Gasteiger partial charge on any atom is 0.573 e. The predicted octanol–water partition coefficient (Wildman–Crippen LogP) is 3.64. The van der Waals surface area contributed by atoms with Crippen LogP contribution in [0.2, 0.25) is 0 Å². The van der Waals surface area contributed by atoms with Gasteiger partial charge in [-0.05, 0) is 48.6 Å². The van der Waals surface area contributed by atoms with Crippen LogP contribution < -0.4 is 15.2 Å². The Kier molecular flexibility index (Phi) is 3.74. The first-order valence-corrected chi connectivity index (χ1v) is 8.26. The highest BCUT2D eigenvalue weighted by Gasteiger charge is 2.31. The number of hydrogen-bond acceptors (Lipinski definition) is 3. The molecule has 1 aromatic carbocycles. The van der Waals surface area contributed by atoms with Crippen molar-refractivity contribution in [2.75, 3.05) is 18.0 Å². The van der Waals surface area contributed by atoms with Crippen LogP contribution in [0, 0.1) is 5.92 Å². The highest BCUT2D eigenvalue weighted by atomic mass is 19.4. The molecule has 132 valence electrons. The Hall–Kier alpha value is -2.44. The van der Waals surface area contributed by atoms with Crippen molar-refractivity contribution in [3.63, 3.8) is 0 Å². The normalized spacial score (nSPS) is 19.5. The van der Waals surface area contributed by atoms with Gasteiger partial charge in [0, 0.05) is 25.2 Å². The zero-order valence-electron chi connectivity index (χ0n) is 13.4. The van der Waals surface area contributed by atoms with Crippen molar-refractivity contribution in [3.8, 4) is 16.9 Å². The molecule has 0 N–H and O–H groups in total. The summed E-state index contributed by atoms with van der Waals surface area (Å²) in [5.74, 6) is 1.02. The largest absolute Gasteiger partial charge is 0.573 e. The molecular weight excluding hydrogens is 333 g/mol. The van der Waals surface area contributed by atoms with E-state index in [0.29, 0.717) is 23.6 Å². The van der Waals surface area contributed by atoms with Crippen LogP contribution in [0.1, 0.15) is 12.8 Å². The van der Waals surface area contributed by atoms with Crippen LogP contribution in [0.25, 0.3) is 11.1 Å². The summed E-state index contributed by atoms with van der Waals surface area (Å²) in [5.41, 5.74) is 0.642. The maximum absolute atomic E-state index is 12.9. The molecule has 4 nitrogen and oxygen atoms in total. The van der Waals surface area contributed by atoms with Crippen LogP contribution in [0.15, 0.2) is 41.2 Å². The van der Waals surface area contributed by atoms with Gasteiger partial charge in [0.25, 0.3) is 5.56 Å². The number of nitrogens with zero attached hydrogens (tertiary/aromatic N) is 2. The second kappa shape index (κ2) is 5.82. The lowest BCUT2D eigenvalue weighted by atomic mass is 9.95. The molecule has 0 radical (unpaired) electrons. The van der Waals surface area contributed by atoms with Crippen molar-refractivity contribution in [1.82, 2.24) is 4.57 Å².